The third kappa shape index (κ3) is 3.35. The van der Waals surface area contributed by atoms with Gasteiger partial charge in [-0.05, 0) is 99.8 Å². The summed E-state index contributed by atoms with van der Waals surface area (Å²) in [6.45, 7) is 1.39. The molecule has 2 saturated heterocycles. The fourth-order valence-electron chi connectivity index (χ4n) is 6.24. The lowest BCUT2D eigenvalue weighted by atomic mass is 9.81. The molecule has 6 rings (SSSR count). The molecule has 0 spiro atoms. The number of rotatable bonds is 2. The monoisotopic (exact) mass is 436 g/mol. The van der Waals surface area contributed by atoms with Crippen LogP contribution in [0.2, 0.25) is 0 Å². The molecule has 0 aromatic carbocycles. The normalized spacial score (nSPS) is 33.4. The number of ether oxygens (including phenoxy) is 2. The first kappa shape index (κ1) is 20.6. The van der Waals surface area contributed by atoms with Crippen molar-refractivity contribution < 1.29 is 14.2 Å². The maximum Gasteiger partial charge on any atom is 0.289 e. The standard InChI is InChI=1S/C26H32N2O4/c29-27-21(23-11-5-13-31-23)15-17-7-1-3-9-19(17)25(27)26-20-10-4-2-8-18(20)16-22(28(26)30)24-12-6-14-32-24/h15-16,23-24H,1-14H2/t23-,24-/m1/s1. The van der Waals surface area contributed by atoms with E-state index in [1.807, 2.05) is 0 Å². The second-order valence-electron chi connectivity index (χ2n) is 9.85. The highest BCUT2D eigenvalue weighted by molar-refractivity contribution is 5.55. The topological polar surface area (TPSA) is 64.8 Å². The van der Waals surface area contributed by atoms with Crippen LogP contribution in [0.25, 0.3) is 0 Å². The van der Waals surface area contributed by atoms with Gasteiger partial charge >= 0.3 is 0 Å². The van der Waals surface area contributed by atoms with Gasteiger partial charge in [0.15, 0.2) is 0 Å². The molecule has 2 aliphatic carbocycles. The zero-order chi connectivity index (χ0) is 21.7. The minimum Gasteiger partial charge on any atom is -0.754 e. The highest BCUT2D eigenvalue weighted by atomic mass is 16.5. The Labute approximate surface area is 189 Å². The van der Waals surface area contributed by atoms with Crippen molar-refractivity contribution in [2.24, 2.45) is 0 Å². The Morgan fingerprint density at radius 2 is 1.44 bits per heavy atom. The third-order valence-electron chi connectivity index (χ3n) is 7.86. The predicted octanol–water partition coefficient (Wildman–Crippen LogP) is 5.67. The molecule has 0 aromatic heterocycles. The van der Waals surface area contributed by atoms with Crippen molar-refractivity contribution in [2.75, 3.05) is 13.2 Å². The zero-order valence-corrected chi connectivity index (χ0v) is 18.7. The molecule has 0 aromatic rings. The van der Waals surface area contributed by atoms with Crippen molar-refractivity contribution >= 4 is 0 Å². The summed E-state index contributed by atoms with van der Waals surface area (Å²) in [4.78, 5) is 14.0. The van der Waals surface area contributed by atoms with Gasteiger partial charge in [-0.15, -0.1) is 0 Å². The van der Waals surface area contributed by atoms with E-state index in [0.29, 0.717) is 36.0 Å². The Kier molecular flexibility index (Phi) is 5.40. The molecule has 0 saturated carbocycles. The summed E-state index contributed by atoms with van der Waals surface area (Å²) in [5.41, 5.74) is 7.19. The van der Waals surface area contributed by atoms with Gasteiger partial charge in [-0.25, -0.2) is 0 Å². The van der Waals surface area contributed by atoms with Crippen molar-refractivity contribution in [3.05, 3.63) is 67.3 Å². The van der Waals surface area contributed by atoms with Crippen LogP contribution in [0.4, 0.5) is 0 Å². The molecular weight excluding hydrogens is 404 g/mol. The maximum absolute atomic E-state index is 14.0. The molecule has 0 amide bonds. The summed E-state index contributed by atoms with van der Waals surface area (Å²) in [7, 11) is 0. The van der Waals surface area contributed by atoms with E-state index < -0.39 is 0 Å². The molecule has 4 heterocycles. The van der Waals surface area contributed by atoms with Crippen LogP contribution in [-0.4, -0.2) is 35.2 Å². The smallest absolute Gasteiger partial charge is 0.289 e. The largest absolute Gasteiger partial charge is 0.754 e. The molecule has 2 fully saturated rings. The van der Waals surface area contributed by atoms with Gasteiger partial charge < -0.3 is 19.7 Å². The van der Waals surface area contributed by atoms with E-state index in [-0.39, 0.29) is 12.2 Å². The maximum atomic E-state index is 14.0. The summed E-state index contributed by atoms with van der Waals surface area (Å²) in [5.74, 6) is 0. The van der Waals surface area contributed by atoms with Crippen LogP contribution in [0.3, 0.4) is 0 Å². The van der Waals surface area contributed by atoms with Crippen LogP contribution >= 0.6 is 0 Å². The van der Waals surface area contributed by atoms with Gasteiger partial charge in [0.05, 0.1) is 10.9 Å². The first-order chi connectivity index (χ1) is 15.7. The van der Waals surface area contributed by atoms with E-state index >= 15 is 0 Å². The van der Waals surface area contributed by atoms with Crippen LogP contribution in [0, 0.1) is 10.1 Å². The van der Waals surface area contributed by atoms with Gasteiger partial charge in [0.25, 0.3) is 11.4 Å². The van der Waals surface area contributed by atoms with Crippen molar-refractivity contribution in [3.63, 3.8) is 0 Å². The summed E-state index contributed by atoms with van der Waals surface area (Å²) >= 11 is 0. The molecule has 2 atom stereocenters. The molecule has 0 bridgehead atoms. The minimum absolute atomic E-state index is 0.171. The van der Waals surface area contributed by atoms with Gasteiger partial charge in [0.1, 0.15) is 11.8 Å². The Hall–Kier alpha value is -2.02. The molecule has 0 radical (unpaired) electrons. The molecular formula is C26H32N2O4. The van der Waals surface area contributed by atoms with Crippen LogP contribution in [-0.2, 0) is 9.47 Å². The number of hydrogen-bond donors (Lipinski definition) is 0. The summed E-state index contributed by atoms with van der Waals surface area (Å²) in [6, 6.07) is 0. The number of nitrogens with zero attached hydrogens (tertiary/aromatic N) is 2. The number of nitroso groups, excluding NO2 is 1. The van der Waals surface area contributed by atoms with Crippen molar-refractivity contribution in [3.8, 4) is 0 Å². The molecule has 6 nitrogen and oxygen atoms in total. The van der Waals surface area contributed by atoms with Gasteiger partial charge in [0, 0.05) is 35.5 Å². The molecule has 32 heavy (non-hydrogen) atoms. The van der Waals surface area contributed by atoms with E-state index in [1.54, 1.807) is 0 Å². The SMILES string of the molecule is O=[N+]1C([C@H]2CCCO2)=CC2=C(CCCC2)C1=C1C2=C(C=C([C@H]3CCCO3)N1[O-])CCCC2. The highest BCUT2D eigenvalue weighted by Gasteiger charge is 2.45. The van der Waals surface area contributed by atoms with Gasteiger partial charge in [0.2, 0.25) is 0 Å². The first-order valence-corrected chi connectivity index (χ1v) is 12.5. The second kappa shape index (κ2) is 8.40. The number of allylic oxidation sites excluding steroid dienone is 6. The molecule has 6 aliphatic rings. The molecule has 0 unspecified atom stereocenters. The van der Waals surface area contributed by atoms with Gasteiger partial charge in [-0.2, -0.15) is 0 Å². The number of hydrogen-bond acceptors (Lipinski definition) is 5. The van der Waals surface area contributed by atoms with Crippen LogP contribution < -0.4 is 0 Å². The Morgan fingerprint density at radius 3 is 2.12 bits per heavy atom. The molecule has 6 heteroatoms. The lowest BCUT2D eigenvalue weighted by molar-refractivity contribution is -0.456. The van der Waals surface area contributed by atoms with E-state index in [9.17, 15) is 10.1 Å². The second-order valence-corrected chi connectivity index (χ2v) is 9.85. The fourth-order valence-corrected chi connectivity index (χ4v) is 6.24. The van der Waals surface area contributed by atoms with Crippen molar-refractivity contribution in [1.82, 2.24) is 5.06 Å². The van der Waals surface area contributed by atoms with Crippen LogP contribution in [0.5, 0.6) is 0 Å². The Morgan fingerprint density at radius 1 is 0.812 bits per heavy atom. The average molecular weight is 437 g/mol. The highest BCUT2D eigenvalue weighted by Crippen LogP contribution is 2.47. The van der Waals surface area contributed by atoms with E-state index in [4.69, 9.17) is 9.47 Å². The lowest BCUT2D eigenvalue weighted by Crippen LogP contribution is -2.34. The van der Waals surface area contributed by atoms with Crippen molar-refractivity contribution in [2.45, 2.75) is 89.3 Å². The summed E-state index contributed by atoms with van der Waals surface area (Å²) in [6.07, 6.45) is 15.5. The number of hydroxylamine groups is 2. The van der Waals surface area contributed by atoms with Crippen LogP contribution in [0.15, 0.2) is 57.2 Å². The van der Waals surface area contributed by atoms with Gasteiger partial charge in [-0.3, -0.25) is 0 Å². The Bertz CT molecular complexity index is 987. The minimum atomic E-state index is -0.171. The van der Waals surface area contributed by atoms with Crippen LogP contribution in [0.1, 0.15) is 77.0 Å². The molecule has 0 N–H and O–H groups in total. The van der Waals surface area contributed by atoms with Crippen molar-refractivity contribution in [1.29, 1.82) is 0 Å². The van der Waals surface area contributed by atoms with E-state index in [0.717, 1.165) is 98.0 Å². The molecule has 170 valence electrons. The Balaban J connectivity index is 1.53. The average Bonchev–Trinajstić information content (AvgIpc) is 3.54. The summed E-state index contributed by atoms with van der Waals surface area (Å²) in [5, 5.41) is 15.0. The quantitative estimate of drug-likeness (QED) is 0.522. The fraction of sp³-hybridized carbons (Fsp3) is 0.615. The zero-order valence-electron chi connectivity index (χ0n) is 18.7. The predicted molar refractivity (Wildman–Crippen MR) is 121 cm³/mol. The lowest BCUT2D eigenvalue weighted by Gasteiger charge is -2.43. The van der Waals surface area contributed by atoms with E-state index in [1.165, 1.54) is 11.1 Å². The first-order valence-electron chi connectivity index (χ1n) is 12.5. The van der Waals surface area contributed by atoms with Gasteiger partial charge in [-0.1, -0.05) is 0 Å². The third-order valence-corrected chi connectivity index (χ3v) is 7.86. The molecule has 4 aliphatic heterocycles. The summed E-state index contributed by atoms with van der Waals surface area (Å²) < 4.78 is 12.9. The van der Waals surface area contributed by atoms with E-state index in [2.05, 4.69) is 12.2 Å².